The van der Waals surface area contributed by atoms with Crippen molar-refractivity contribution in [3.8, 4) is 0 Å². The van der Waals surface area contributed by atoms with E-state index in [2.05, 4.69) is 0 Å². The molecule has 0 radical (unpaired) electrons. The molecule has 3 nitrogen and oxygen atoms in total. The van der Waals surface area contributed by atoms with Crippen LogP contribution in [0.5, 0.6) is 0 Å². The molecule has 102 valence electrons. The molecule has 0 aliphatic heterocycles. The normalized spacial score (nSPS) is 23.3. The molecular weight excluding hydrogens is 240 g/mol. The maximum absolute atomic E-state index is 12.3. The number of aliphatic carboxylic acids is 1. The van der Waals surface area contributed by atoms with Gasteiger partial charge in [0.2, 0.25) is 0 Å². The van der Waals surface area contributed by atoms with Gasteiger partial charge in [-0.3, -0.25) is 9.59 Å². The zero-order valence-corrected chi connectivity index (χ0v) is 11.1. The Morgan fingerprint density at radius 3 is 2.58 bits per heavy atom. The van der Waals surface area contributed by atoms with Gasteiger partial charge in [0.15, 0.2) is 0 Å². The predicted molar refractivity (Wildman–Crippen MR) is 72.9 cm³/mol. The van der Waals surface area contributed by atoms with E-state index in [1.165, 1.54) is 0 Å². The Bertz CT molecular complexity index is 452. The maximum Gasteiger partial charge on any atom is 0.303 e. The van der Waals surface area contributed by atoms with Crippen LogP contribution in [0.4, 0.5) is 0 Å². The minimum absolute atomic E-state index is 0.0819. The first kappa shape index (κ1) is 13.8. The van der Waals surface area contributed by atoms with Crippen molar-refractivity contribution in [3.63, 3.8) is 0 Å². The van der Waals surface area contributed by atoms with Gasteiger partial charge in [-0.1, -0.05) is 36.8 Å². The van der Waals surface area contributed by atoms with Gasteiger partial charge in [-0.05, 0) is 31.2 Å². The molecule has 0 saturated heterocycles. The minimum Gasteiger partial charge on any atom is -0.481 e. The Morgan fingerprint density at radius 2 is 1.95 bits per heavy atom. The molecule has 1 atom stereocenters. The number of carbonyl (C=O) groups excluding carboxylic acids is 1. The summed E-state index contributed by atoms with van der Waals surface area (Å²) in [6, 6.07) is 9.92. The van der Waals surface area contributed by atoms with Crippen LogP contribution < -0.4 is 0 Å². The molecule has 19 heavy (non-hydrogen) atoms. The van der Waals surface area contributed by atoms with Gasteiger partial charge in [0, 0.05) is 18.3 Å². The van der Waals surface area contributed by atoms with Gasteiger partial charge in [-0.25, -0.2) is 0 Å². The molecule has 0 bridgehead atoms. The molecule has 1 fully saturated rings. The molecule has 1 aromatic rings. The van der Waals surface area contributed by atoms with E-state index in [4.69, 9.17) is 5.11 Å². The summed E-state index contributed by atoms with van der Waals surface area (Å²) in [5.41, 5.74) is 0.681. The average Bonchev–Trinajstić information content (AvgIpc) is 2.41. The molecule has 1 aliphatic rings. The van der Waals surface area contributed by atoms with Crippen LogP contribution in [-0.4, -0.2) is 16.9 Å². The Hall–Kier alpha value is -1.64. The minimum atomic E-state index is -0.814. The summed E-state index contributed by atoms with van der Waals surface area (Å²) in [5.74, 6) is -0.560. The van der Waals surface area contributed by atoms with E-state index in [0.29, 0.717) is 19.3 Å². The molecule has 0 spiro atoms. The first-order chi connectivity index (χ1) is 9.12. The number of benzene rings is 1. The fraction of sp³-hybridized carbons (Fsp3) is 0.500. The number of hydrogen-bond donors (Lipinski definition) is 1. The highest BCUT2D eigenvalue weighted by Crippen LogP contribution is 2.40. The Labute approximate surface area is 113 Å². The highest BCUT2D eigenvalue weighted by Gasteiger charge is 2.39. The second-order valence-electron chi connectivity index (χ2n) is 5.47. The van der Waals surface area contributed by atoms with Crippen molar-refractivity contribution in [1.29, 1.82) is 0 Å². The van der Waals surface area contributed by atoms with E-state index in [1.54, 1.807) is 0 Å². The summed E-state index contributed by atoms with van der Waals surface area (Å²) in [5, 5.41) is 8.90. The van der Waals surface area contributed by atoms with E-state index in [9.17, 15) is 9.59 Å². The van der Waals surface area contributed by atoms with Gasteiger partial charge in [0.1, 0.15) is 5.78 Å². The lowest BCUT2D eigenvalue weighted by Crippen LogP contribution is -2.37. The van der Waals surface area contributed by atoms with Gasteiger partial charge in [-0.2, -0.15) is 0 Å². The highest BCUT2D eigenvalue weighted by atomic mass is 16.4. The standard InChI is InChI=1S/C16H20O3/c17-14-8-4-5-10-16(14,11-9-15(18)19)12-13-6-2-1-3-7-13/h1-3,6-7H,4-5,8-12H2,(H,18,19)/t16-/m0/s1. The predicted octanol–water partition coefficient (Wildman–Crippen LogP) is 3.22. The SMILES string of the molecule is O=C(O)CC[C@]1(Cc2ccccc2)CCCCC1=O. The van der Waals surface area contributed by atoms with Crippen molar-refractivity contribution < 1.29 is 14.7 Å². The van der Waals surface area contributed by atoms with Crippen LogP contribution in [0, 0.1) is 5.41 Å². The first-order valence-electron chi connectivity index (χ1n) is 6.91. The maximum atomic E-state index is 12.3. The third-order valence-corrected chi connectivity index (χ3v) is 4.10. The lowest BCUT2D eigenvalue weighted by atomic mass is 9.67. The van der Waals surface area contributed by atoms with Gasteiger partial charge >= 0.3 is 5.97 Å². The zero-order chi connectivity index (χ0) is 13.7. The van der Waals surface area contributed by atoms with Gasteiger partial charge < -0.3 is 5.11 Å². The highest BCUT2D eigenvalue weighted by molar-refractivity contribution is 5.86. The zero-order valence-electron chi connectivity index (χ0n) is 11.1. The molecule has 3 heteroatoms. The number of rotatable bonds is 5. The number of carbonyl (C=O) groups is 2. The quantitative estimate of drug-likeness (QED) is 0.884. The topological polar surface area (TPSA) is 54.4 Å². The molecule has 1 saturated carbocycles. The summed E-state index contributed by atoms with van der Waals surface area (Å²) >= 11 is 0. The second kappa shape index (κ2) is 6.00. The number of carboxylic acids is 1. The monoisotopic (exact) mass is 260 g/mol. The van der Waals surface area contributed by atoms with Crippen LogP contribution in [0.15, 0.2) is 30.3 Å². The van der Waals surface area contributed by atoms with Crippen molar-refractivity contribution >= 4 is 11.8 Å². The third kappa shape index (κ3) is 3.43. The fourth-order valence-corrected chi connectivity index (χ4v) is 3.03. The van der Waals surface area contributed by atoms with Crippen LogP contribution in [0.3, 0.4) is 0 Å². The smallest absolute Gasteiger partial charge is 0.303 e. The molecular formula is C16H20O3. The summed E-state index contributed by atoms with van der Waals surface area (Å²) < 4.78 is 0. The lowest BCUT2D eigenvalue weighted by Gasteiger charge is -2.35. The van der Waals surface area contributed by atoms with Crippen molar-refractivity contribution in [3.05, 3.63) is 35.9 Å². The Kier molecular flexibility index (Phi) is 4.35. The number of Topliss-reactive ketones (excluding diaryl/α,β-unsaturated/α-hetero) is 1. The molecule has 0 unspecified atom stereocenters. The molecule has 0 aromatic heterocycles. The lowest BCUT2D eigenvalue weighted by molar-refractivity contribution is -0.139. The summed E-state index contributed by atoms with van der Waals surface area (Å²) in [4.78, 5) is 23.2. The Balaban J connectivity index is 2.18. The van der Waals surface area contributed by atoms with Crippen molar-refractivity contribution in [2.75, 3.05) is 0 Å². The number of hydrogen-bond acceptors (Lipinski definition) is 2. The van der Waals surface area contributed by atoms with Crippen molar-refractivity contribution in [2.45, 2.75) is 44.9 Å². The number of carboxylic acid groups (broad SMARTS) is 1. The van der Waals surface area contributed by atoms with Crippen LogP contribution in [0.2, 0.25) is 0 Å². The van der Waals surface area contributed by atoms with Crippen molar-refractivity contribution in [2.24, 2.45) is 5.41 Å². The Morgan fingerprint density at radius 1 is 1.21 bits per heavy atom. The molecule has 1 aromatic carbocycles. The molecule has 2 rings (SSSR count). The third-order valence-electron chi connectivity index (χ3n) is 4.10. The van der Waals surface area contributed by atoms with Gasteiger partial charge in [0.25, 0.3) is 0 Å². The fourth-order valence-electron chi connectivity index (χ4n) is 3.03. The van der Waals surface area contributed by atoms with E-state index in [1.807, 2.05) is 30.3 Å². The van der Waals surface area contributed by atoms with E-state index in [-0.39, 0.29) is 12.2 Å². The van der Waals surface area contributed by atoms with Crippen LogP contribution in [0.1, 0.15) is 44.1 Å². The van der Waals surface area contributed by atoms with Crippen LogP contribution >= 0.6 is 0 Å². The molecule has 1 N–H and O–H groups in total. The van der Waals surface area contributed by atoms with E-state index >= 15 is 0 Å². The molecule has 0 heterocycles. The van der Waals surface area contributed by atoms with Crippen LogP contribution in [0.25, 0.3) is 0 Å². The second-order valence-corrected chi connectivity index (χ2v) is 5.47. The van der Waals surface area contributed by atoms with Crippen LogP contribution in [-0.2, 0) is 16.0 Å². The summed E-state index contributed by atoms with van der Waals surface area (Å²) in [6.07, 6.45) is 4.63. The van der Waals surface area contributed by atoms with Gasteiger partial charge in [-0.15, -0.1) is 0 Å². The molecule has 0 amide bonds. The van der Waals surface area contributed by atoms with Crippen molar-refractivity contribution in [1.82, 2.24) is 0 Å². The van der Waals surface area contributed by atoms with E-state index in [0.717, 1.165) is 24.8 Å². The van der Waals surface area contributed by atoms with E-state index < -0.39 is 11.4 Å². The first-order valence-corrected chi connectivity index (χ1v) is 6.91. The number of ketones is 1. The summed E-state index contributed by atoms with van der Waals surface area (Å²) in [7, 11) is 0. The molecule has 1 aliphatic carbocycles. The van der Waals surface area contributed by atoms with Gasteiger partial charge in [0.05, 0.1) is 0 Å². The average molecular weight is 260 g/mol. The summed E-state index contributed by atoms with van der Waals surface area (Å²) in [6.45, 7) is 0. The largest absolute Gasteiger partial charge is 0.481 e.